The van der Waals surface area contributed by atoms with E-state index in [2.05, 4.69) is 55.1 Å². The molecule has 4 rings (SSSR count). The Kier molecular flexibility index (Phi) is 5.07. The number of fused-ring (bicyclic) bond motifs is 3. The third-order valence-corrected chi connectivity index (χ3v) is 7.74. The average molecular weight is 411 g/mol. The van der Waals surface area contributed by atoms with Crippen molar-refractivity contribution >= 4 is 15.7 Å². The van der Waals surface area contributed by atoms with Crippen LogP contribution in [0, 0.1) is 26.7 Å². The SMILES string of the molecule is Cc1cc(C)c(C2Nc3ccc(S(=O)(=O)NC(C)C)cc3C3C=CCC32)c(C)c1. The molecule has 0 spiro atoms. The van der Waals surface area contributed by atoms with Crippen LogP contribution in [0.1, 0.15) is 60.0 Å². The van der Waals surface area contributed by atoms with Crippen LogP contribution < -0.4 is 10.0 Å². The van der Waals surface area contributed by atoms with Crippen molar-refractivity contribution in [2.24, 2.45) is 5.92 Å². The van der Waals surface area contributed by atoms with Gasteiger partial charge in [-0.25, -0.2) is 13.1 Å². The Morgan fingerprint density at radius 2 is 1.76 bits per heavy atom. The summed E-state index contributed by atoms with van der Waals surface area (Å²) in [5.74, 6) is 0.615. The molecule has 154 valence electrons. The molecule has 0 saturated carbocycles. The molecule has 1 aliphatic carbocycles. The summed E-state index contributed by atoms with van der Waals surface area (Å²) in [5.41, 5.74) is 7.40. The molecule has 2 N–H and O–H groups in total. The Morgan fingerprint density at radius 3 is 2.41 bits per heavy atom. The van der Waals surface area contributed by atoms with E-state index in [-0.39, 0.29) is 18.0 Å². The minimum Gasteiger partial charge on any atom is -0.378 e. The first kappa shape index (κ1) is 20.2. The van der Waals surface area contributed by atoms with Crippen molar-refractivity contribution in [1.29, 1.82) is 0 Å². The maximum atomic E-state index is 12.7. The highest BCUT2D eigenvalue weighted by molar-refractivity contribution is 7.89. The lowest BCUT2D eigenvalue weighted by atomic mass is 9.75. The van der Waals surface area contributed by atoms with Crippen LogP contribution in [0.25, 0.3) is 0 Å². The summed E-state index contributed by atoms with van der Waals surface area (Å²) in [7, 11) is -3.51. The van der Waals surface area contributed by atoms with E-state index in [0.29, 0.717) is 10.8 Å². The van der Waals surface area contributed by atoms with Crippen LogP contribution in [0.5, 0.6) is 0 Å². The Bertz CT molecular complexity index is 1060. The number of hydrogen-bond acceptors (Lipinski definition) is 3. The second kappa shape index (κ2) is 7.29. The highest BCUT2D eigenvalue weighted by Gasteiger charge is 2.39. The van der Waals surface area contributed by atoms with E-state index in [4.69, 9.17) is 0 Å². The quantitative estimate of drug-likeness (QED) is 0.688. The van der Waals surface area contributed by atoms with Crippen LogP contribution in [0.4, 0.5) is 5.69 Å². The molecule has 3 atom stereocenters. The molecule has 0 aromatic heterocycles. The highest BCUT2D eigenvalue weighted by atomic mass is 32.2. The first-order valence-electron chi connectivity index (χ1n) is 10.3. The standard InChI is InChI=1S/C24H30N2O2S/c1-14(2)26-29(27,28)18-9-10-22-21(13-18)19-7-6-8-20(19)24(25-22)23-16(4)11-15(3)12-17(23)5/h6-7,9-14,19-20,24-26H,8H2,1-5H3. The van der Waals surface area contributed by atoms with Crippen LogP contribution in [-0.2, 0) is 10.0 Å². The summed E-state index contributed by atoms with van der Waals surface area (Å²) in [5, 5.41) is 3.75. The Balaban J connectivity index is 1.78. The molecule has 0 saturated heterocycles. The lowest BCUT2D eigenvalue weighted by molar-refractivity contribution is 0.422. The number of allylic oxidation sites excluding steroid dienone is 2. The molecule has 4 nitrogen and oxygen atoms in total. The average Bonchev–Trinajstić information content (AvgIpc) is 3.09. The first-order valence-corrected chi connectivity index (χ1v) is 11.8. The molecular formula is C24H30N2O2S. The van der Waals surface area contributed by atoms with Gasteiger partial charge in [-0.05, 0) is 87.4 Å². The van der Waals surface area contributed by atoms with Gasteiger partial charge in [0, 0.05) is 17.6 Å². The van der Waals surface area contributed by atoms with E-state index in [1.165, 1.54) is 22.3 Å². The van der Waals surface area contributed by atoms with E-state index in [1.807, 2.05) is 26.0 Å². The number of rotatable bonds is 4. The summed E-state index contributed by atoms with van der Waals surface area (Å²) < 4.78 is 28.0. The van der Waals surface area contributed by atoms with Crippen molar-refractivity contribution in [3.8, 4) is 0 Å². The van der Waals surface area contributed by atoms with E-state index in [9.17, 15) is 8.42 Å². The van der Waals surface area contributed by atoms with Gasteiger partial charge in [-0.1, -0.05) is 29.8 Å². The predicted octanol–water partition coefficient (Wildman–Crippen LogP) is 5.13. The summed E-state index contributed by atoms with van der Waals surface area (Å²) in [6, 6.07) is 10.1. The van der Waals surface area contributed by atoms with Crippen molar-refractivity contribution in [3.05, 3.63) is 70.3 Å². The van der Waals surface area contributed by atoms with E-state index in [1.54, 1.807) is 6.07 Å². The third kappa shape index (κ3) is 3.62. The zero-order chi connectivity index (χ0) is 20.9. The number of nitrogens with one attached hydrogen (secondary N) is 2. The molecule has 2 aromatic carbocycles. The monoisotopic (exact) mass is 410 g/mol. The lowest BCUT2D eigenvalue weighted by Crippen LogP contribution is -2.32. The van der Waals surface area contributed by atoms with Gasteiger partial charge < -0.3 is 5.32 Å². The normalized spacial score (nSPS) is 23.0. The first-order chi connectivity index (χ1) is 13.7. The smallest absolute Gasteiger partial charge is 0.240 e. The van der Waals surface area contributed by atoms with Crippen molar-refractivity contribution in [2.45, 2.75) is 63.9 Å². The van der Waals surface area contributed by atoms with Crippen molar-refractivity contribution < 1.29 is 8.42 Å². The minimum absolute atomic E-state index is 0.134. The zero-order valence-corrected chi connectivity index (χ0v) is 18.6. The second-order valence-corrected chi connectivity index (χ2v) is 10.5. The van der Waals surface area contributed by atoms with Gasteiger partial charge in [0.15, 0.2) is 0 Å². The molecule has 29 heavy (non-hydrogen) atoms. The molecule has 2 aliphatic rings. The second-order valence-electron chi connectivity index (χ2n) is 8.81. The van der Waals surface area contributed by atoms with Gasteiger partial charge in [0.05, 0.1) is 10.9 Å². The van der Waals surface area contributed by atoms with Gasteiger partial charge in [0.2, 0.25) is 10.0 Å². The molecule has 1 heterocycles. The van der Waals surface area contributed by atoms with E-state index in [0.717, 1.165) is 17.7 Å². The van der Waals surface area contributed by atoms with Gasteiger partial charge in [-0.15, -0.1) is 0 Å². The Labute approximate surface area is 174 Å². The molecular weight excluding hydrogens is 380 g/mol. The molecule has 3 unspecified atom stereocenters. The van der Waals surface area contributed by atoms with Crippen molar-refractivity contribution in [3.63, 3.8) is 0 Å². The summed E-state index contributed by atoms with van der Waals surface area (Å²) >= 11 is 0. The van der Waals surface area contributed by atoms with Gasteiger partial charge in [0.1, 0.15) is 0 Å². The fourth-order valence-corrected chi connectivity index (χ4v) is 6.37. The van der Waals surface area contributed by atoms with Crippen molar-refractivity contribution in [2.75, 3.05) is 5.32 Å². The Hall–Kier alpha value is -2.11. The number of aryl methyl sites for hydroxylation is 3. The van der Waals surface area contributed by atoms with Crippen LogP contribution in [-0.4, -0.2) is 14.5 Å². The predicted molar refractivity (Wildman–Crippen MR) is 119 cm³/mol. The topological polar surface area (TPSA) is 58.2 Å². The lowest BCUT2D eigenvalue weighted by Gasteiger charge is -2.39. The van der Waals surface area contributed by atoms with Crippen molar-refractivity contribution in [1.82, 2.24) is 4.72 Å². The summed E-state index contributed by atoms with van der Waals surface area (Å²) in [4.78, 5) is 0.340. The minimum atomic E-state index is -3.51. The molecule has 0 fully saturated rings. The van der Waals surface area contributed by atoms with Crippen LogP contribution >= 0.6 is 0 Å². The fraction of sp³-hybridized carbons (Fsp3) is 0.417. The van der Waals surface area contributed by atoms with Gasteiger partial charge in [0.25, 0.3) is 0 Å². The van der Waals surface area contributed by atoms with Gasteiger partial charge in [-0.3, -0.25) is 0 Å². The van der Waals surface area contributed by atoms with Gasteiger partial charge in [-0.2, -0.15) is 0 Å². The highest BCUT2D eigenvalue weighted by Crippen LogP contribution is 2.51. The molecule has 0 radical (unpaired) electrons. The molecule has 0 bridgehead atoms. The molecule has 5 heteroatoms. The van der Waals surface area contributed by atoms with Crippen LogP contribution in [0.15, 0.2) is 47.4 Å². The maximum Gasteiger partial charge on any atom is 0.240 e. The number of benzene rings is 2. The zero-order valence-electron chi connectivity index (χ0n) is 17.8. The molecule has 2 aromatic rings. The maximum absolute atomic E-state index is 12.7. The van der Waals surface area contributed by atoms with Crippen LogP contribution in [0.2, 0.25) is 0 Å². The summed E-state index contributed by atoms with van der Waals surface area (Å²) in [6.45, 7) is 10.2. The number of sulfonamides is 1. The number of anilines is 1. The largest absolute Gasteiger partial charge is 0.378 e. The Morgan fingerprint density at radius 1 is 1.07 bits per heavy atom. The van der Waals surface area contributed by atoms with Gasteiger partial charge >= 0.3 is 0 Å². The molecule has 1 aliphatic heterocycles. The third-order valence-electron chi connectivity index (χ3n) is 6.08. The fourth-order valence-electron chi connectivity index (χ4n) is 5.09. The van der Waals surface area contributed by atoms with E-state index >= 15 is 0 Å². The van der Waals surface area contributed by atoms with Crippen LogP contribution in [0.3, 0.4) is 0 Å². The molecule has 0 amide bonds. The summed E-state index contributed by atoms with van der Waals surface area (Å²) in [6.07, 6.45) is 5.49. The van der Waals surface area contributed by atoms with E-state index < -0.39 is 10.0 Å². The number of hydrogen-bond donors (Lipinski definition) is 2.